The number of carbonyl (C=O) groups excluding carboxylic acids is 1. The van der Waals surface area contributed by atoms with Crippen LogP contribution in [-0.2, 0) is 4.79 Å². The molecular weight excluding hydrogens is 276 g/mol. The lowest BCUT2D eigenvalue weighted by Gasteiger charge is -2.05. The molecule has 0 saturated carbocycles. The summed E-state index contributed by atoms with van der Waals surface area (Å²) in [7, 11) is 0. The van der Waals surface area contributed by atoms with E-state index in [9.17, 15) is 4.79 Å². The third-order valence-corrected chi connectivity index (χ3v) is 3.39. The van der Waals surface area contributed by atoms with Crippen LogP contribution in [0.1, 0.15) is 11.4 Å². The molecule has 2 rings (SSSR count). The van der Waals surface area contributed by atoms with Crippen LogP contribution in [0.5, 0.6) is 0 Å². The van der Waals surface area contributed by atoms with Gasteiger partial charge in [-0.05, 0) is 25.1 Å². The quantitative estimate of drug-likeness (QED) is 0.639. The molecule has 8 heteroatoms. The van der Waals surface area contributed by atoms with E-state index in [1.807, 2.05) is 6.07 Å². The van der Waals surface area contributed by atoms with Gasteiger partial charge in [0.1, 0.15) is 5.82 Å². The summed E-state index contributed by atoms with van der Waals surface area (Å²) in [6.45, 7) is 1.73. The predicted molar refractivity (Wildman–Crippen MR) is 75.4 cm³/mol. The van der Waals surface area contributed by atoms with Gasteiger partial charge in [0.25, 0.3) is 0 Å². The first-order chi connectivity index (χ1) is 9.60. The Morgan fingerprint density at radius 1 is 1.55 bits per heavy atom. The van der Waals surface area contributed by atoms with E-state index in [1.54, 1.807) is 31.2 Å². The minimum absolute atomic E-state index is 0.159. The number of anilines is 1. The smallest absolute Gasteiger partial charge is 0.234 e. The van der Waals surface area contributed by atoms with Crippen LogP contribution in [0.15, 0.2) is 29.4 Å². The molecule has 2 aromatic rings. The molecule has 0 aliphatic carbocycles. The molecule has 1 aromatic heterocycles. The first-order valence-corrected chi connectivity index (χ1v) is 6.68. The van der Waals surface area contributed by atoms with E-state index >= 15 is 0 Å². The van der Waals surface area contributed by atoms with Crippen LogP contribution >= 0.6 is 11.8 Å². The van der Waals surface area contributed by atoms with Gasteiger partial charge in [0, 0.05) is 5.69 Å². The van der Waals surface area contributed by atoms with Crippen molar-refractivity contribution in [3.8, 4) is 6.07 Å². The van der Waals surface area contributed by atoms with Gasteiger partial charge in [-0.2, -0.15) is 5.26 Å². The van der Waals surface area contributed by atoms with Crippen molar-refractivity contribution in [2.75, 3.05) is 16.9 Å². The number of rotatable bonds is 4. The van der Waals surface area contributed by atoms with Crippen LogP contribution in [0.25, 0.3) is 0 Å². The second-order valence-electron chi connectivity index (χ2n) is 3.93. The van der Waals surface area contributed by atoms with Crippen LogP contribution < -0.4 is 11.2 Å². The van der Waals surface area contributed by atoms with Crippen molar-refractivity contribution in [3.63, 3.8) is 0 Å². The summed E-state index contributed by atoms with van der Waals surface area (Å²) in [5, 5.41) is 19.6. The van der Waals surface area contributed by atoms with E-state index in [2.05, 4.69) is 15.5 Å². The molecule has 0 spiro atoms. The molecule has 1 heterocycles. The average Bonchev–Trinajstić information content (AvgIpc) is 2.77. The molecule has 0 bridgehead atoms. The molecule has 0 unspecified atom stereocenters. The number of benzene rings is 1. The van der Waals surface area contributed by atoms with Gasteiger partial charge in [0.2, 0.25) is 11.1 Å². The molecule has 7 nitrogen and oxygen atoms in total. The maximum atomic E-state index is 11.8. The normalized spacial score (nSPS) is 10.0. The van der Waals surface area contributed by atoms with E-state index in [0.717, 1.165) is 0 Å². The topological polar surface area (TPSA) is 110 Å². The molecule has 20 heavy (non-hydrogen) atoms. The molecule has 0 aliphatic rings. The standard InChI is InChI=1S/C12H12N6OS/c1-8-16-17-12(18(8)14)20-7-11(19)15-10-4-2-3-9(5-10)6-13/h2-5H,7,14H2,1H3,(H,15,19). The molecular formula is C12H12N6OS. The minimum Gasteiger partial charge on any atom is -0.336 e. The van der Waals surface area contributed by atoms with Crippen molar-refractivity contribution in [1.82, 2.24) is 14.9 Å². The van der Waals surface area contributed by atoms with Crippen molar-refractivity contribution in [2.45, 2.75) is 12.1 Å². The number of nitrogen functional groups attached to an aromatic ring is 1. The Hall–Kier alpha value is -2.53. The molecule has 0 saturated heterocycles. The van der Waals surface area contributed by atoms with Crippen LogP contribution in [0, 0.1) is 18.3 Å². The number of nitrogens with one attached hydrogen (secondary N) is 1. The Bertz CT molecular complexity index is 675. The fourth-order valence-corrected chi connectivity index (χ4v) is 2.14. The van der Waals surface area contributed by atoms with Gasteiger partial charge >= 0.3 is 0 Å². The molecule has 0 atom stereocenters. The number of aromatic nitrogens is 3. The summed E-state index contributed by atoms with van der Waals surface area (Å²) in [6, 6.07) is 8.72. The largest absolute Gasteiger partial charge is 0.336 e. The maximum absolute atomic E-state index is 11.8. The molecule has 1 aromatic carbocycles. The summed E-state index contributed by atoms with van der Waals surface area (Å²) >= 11 is 1.19. The van der Waals surface area contributed by atoms with Gasteiger partial charge in [0.05, 0.1) is 17.4 Å². The van der Waals surface area contributed by atoms with Crippen LogP contribution in [0.4, 0.5) is 5.69 Å². The minimum atomic E-state index is -0.203. The average molecular weight is 288 g/mol. The highest BCUT2D eigenvalue weighted by Crippen LogP contribution is 2.15. The molecule has 102 valence electrons. The summed E-state index contributed by atoms with van der Waals surface area (Å²) in [5.41, 5.74) is 1.08. The lowest BCUT2D eigenvalue weighted by Crippen LogP contribution is -2.16. The highest BCUT2D eigenvalue weighted by molar-refractivity contribution is 7.99. The maximum Gasteiger partial charge on any atom is 0.234 e. The lowest BCUT2D eigenvalue weighted by atomic mass is 10.2. The fourth-order valence-electron chi connectivity index (χ4n) is 1.44. The second kappa shape index (κ2) is 6.08. The van der Waals surface area contributed by atoms with Crippen LogP contribution in [0.3, 0.4) is 0 Å². The first-order valence-electron chi connectivity index (χ1n) is 5.70. The number of thioether (sulfide) groups is 1. The van der Waals surface area contributed by atoms with Crippen molar-refractivity contribution < 1.29 is 4.79 Å². The number of nitriles is 1. The number of hydrogen-bond donors (Lipinski definition) is 2. The summed E-state index contributed by atoms with van der Waals surface area (Å²) in [5.74, 6) is 6.22. The Labute approximate surface area is 119 Å². The van der Waals surface area contributed by atoms with Gasteiger partial charge in [-0.25, -0.2) is 4.68 Å². The third-order valence-electron chi connectivity index (χ3n) is 2.44. The van der Waals surface area contributed by atoms with Gasteiger partial charge < -0.3 is 11.2 Å². The Morgan fingerprint density at radius 3 is 3.00 bits per heavy atom. The zero-order chi connectivity index (χ0) is 14.5. The summed E-state index contributed by atoms with van der Waals surface area (Å²) < 4.78 is 1.33. The number of amides is 1. The first kappa shape index (κ1) is 13.9. The van der Waals surface area contributed by atoms with E-state index in [-0.39, 0.29) is 11.7 Å². The van der Waals surface area contributed by atoms with Gasteiger partial charge in [0.15, 0.2) is 0 Å². The summed E-state index contributed by atoms with van der Waals surface area (Å²) in [4.78, 5) is 11.8. The van der Waals surface area contributed by atoms with Gasteiger partial charge in [-0.1, -0.05) is 17.8 Å². The van der Waals surface area contributed by atoms with Gasteiger partial charge in [-0.3, -0.25) is 4.79 Å². The third kappa shape index (κ3) is 3.27. The number of nitrogens with zero attached hydrogens (tertiary/aromatic N) is 4. The predicted octanol–water partition coefficient (Wildman–Crippen LogP) is 0.903. The zero-order valence-corrected chi connectivity index (χ0v) is 11.5. The molecule has 3 N–H and O–H groups in total. The zero-order valence-electron chi connectivity index (χ0n) is 10.7. The van der Waals surface area contributed by atoms with Crippen LogP contribution in [-0.4, -0.2) is 26.5 Å². The number of nitrogens with two attached hydrogens (primary N) is 1. The van der Waals surface area contributed by atoms with E-state index in [0.29, 0.717) is 22.2 Å². The fraction of sp³-hybridized carbons (Fsp3) is 0.167. The highest BCUT2D eigenvalue weighted by Gasteiger charge is 2.10. The van der Waals surface area contributed by atoms with Gasteiger partial charge in [-0.15, -0.1) is 10.2 Å². The second-order valence-corrected chi connectivity index (χ2v) is 4.87. The molecule has 0 radical (unpaired) electrons. The highest BCUT2D eigenvalue weighted by atomic mass is 32.2. The van der Waals surface area contributed by atoms with E-state index in [4.69, 9.17) is 11.1 Å². The Kier molecular flexibility index (Phi) is 4.22. The molecule has 0 aliphatic heterocycles. The summed E-state index contributed by atoms with van der Waals surface area (Å²) in [6.07, 6.45) is 0. The van der Waals surface area contributed by atoms with Crippen molar-refractivity contribution in [3.05, 3.63) is 35.7 Å². The Morgan fingerprint density at radius 2 is 2.35 bits per heavy atom. The number of carbonyl (C=O) groups is 1. The number of hydrogen-bond acceptors (Lipinski definition) is 6. The Balaban J connectivity index is 1.93. The SMILES string of the molecule is Cc1nnc(SCC(=O)Nc2cccc(C#N)c2)n1N. The lowest BCUT2D eigenvalue weighted by molar-refractivity contribution is -0.113. The monoisotopic (exact) mass is 288 g/mol. The molecule has 0 fully saturated rings. The van der Waals surface area contributed by atoms with E-state index in [1.165, 1.54) is 16.4 Å². The van der Waals surface area contributed by atoms with E-state index < -0.39 is 0 Å². The van der Waals surface area contributed by atoms with Crippen LogP contribution in [0.2, 0.25) is 0 Å². The molecule has 1 amide bonds. The van der Waals surface area contributed by atoms with Crippen molar-refractivity contribution in [1.29, 1.82) is 5.26 Å². The number of aryl methyl sites for hydroxylation is 1. The van der Waals surface area contributed by atoms with Crippen molar-refractivity contribution in [2.24, 2.45) is 0 Å². The van der Waals surface area contributed by atoms with Crippen molar-refractivity contribution >= 4 is 23.4 Å².